The first-order chi connectivity index (χ1) is 10.1. The summed E-state index contributed by atoms with van der Waals surface area (Å²) in [6, 6.07) is 7.43. The smallest absolute Gasteiger partial charge is 0.263 e. The van der Waals surface area contributed by atoms with Gasteiger partial charge in [0.2, 0.25) is 0 Å². The van der Waals surface area contributed by atoms with Crippen LogP contribution in [0.4, 0.5) is 0 Å². The van der Waals surface area contributed by atoms with Crippen LogP contribution in [0.3, 0.4) is 0 Å². The molecule has 0 spiro atoms. The molecule has 0 aliphatic carbocycles. The summed E-state index contributed by atoms with van der Waals surface area (Å²) in [4.78, 5) is 14.6. The zero-order chi connectivity index (χ0) is 15.2. The van der Waals surface area contributed by atoms with E-state index in [0.717, 1.165) is 32.5 Å². The van der Waals surface area contributed by atoms with Crippen LogP contribution in [-0.2, 0) is 4.79 Å². The fourth-order valence-corrected chi connectivity index (χ4v) is 2.83. The monoisotopic (exact) mass is 346 g/mol. The van der Waals surface area contributed by atoms with Gasteiger partial charge in [0.1, 0.15) is 5.75 Å². The molecule has 0 bridgehead atoms. The maximum absolute atomic E-state index is 12.6. The fraction of sp³-hybridized carbons (Fsp3) is 0.562. The summed E-state index contributed by atoms with van der Waals surface area (Å²) in [5.41, 5.74) is 0. The molecule has 1 aliphatic heterocycles. The Morgan fingerprint density at radius 3 is 2.91 bits per heavy atom. The summed E-state index contributed by atoms with van der Waals surface area (Å²) in [7, 11) is 0. The van der Waals surface area contributed by atoms with Crippen LogP contribution < -0.4 is 10.1 Å². The first-order valence-corrected chi connectivity index (χ1v) is 7.93. The number of carbonyl (C=O) groups excluding carboxylic acids is 1. The van der Waals surface area contributed by atoms with Crippen LogP contribution >= 0.6 is 24.0 Å². The first-order valence-electron chi connectivity index (χ1n) is 7.55. The van der Waals surface area contributed by atoms with E-state index in [-0.39, 0.29) is 24.4 Å². The maximum Gasteiger partial charge on any atom is 0.263 e. The average Bonchev–Trinajstić information content (AvgIpc) is 2.98. The summed E-state index contributed by atoms with van der Waals surface area (Å²) in [6.07, 6.45) is 1.46. The molecule has 0 aromatic heterocycles. The van der Waals surface area contributed by atoms with Crippen molar-refractivity contribution in [2.24, 2.45) is 0 Å². The fourth-order valence-electron chi connectivity index (χ4n) is 2.65. The second-order valence-corrected chi connectivity index (χ2v) is 5.83. The van der Waals surface area contributed by atoms with Gasteiger partial charge in [-0.3, -0.25) is 4.79 Å². The Labute approximate surface area is 143 Å². The summed E-state index contributed by atoms with van der Waals surface area (Å²) in [5, 5.41) is 3.92. The van der Waals surface area contributed by atoms with Gasteiger partial charge in [0.15, 0.2) is 6.10 Å². The van der Waals surface area contributed by atoms with Crippen LogP contribution in [0.1, 0.15) is 26.7 Å². The van der Waals surface area contributed by atoms with Crippen molar-refractivity contribution >= 4 is 29.9 Å². The third-order valence-corrected chi connectivity index (χ3v) is 3.91. The number of rotatable bonds is 6. The maximum atomic E-state index is 12.6. The van der Waals surface area contributed by atoms with E-state index in [1.165, 1.54) is 0 Å². The molecule has 2 atom stereocenters. The highest BCUT2D eigenvalue weighted by atomic mass is 35.5. The van der Waals surface area contributed by atoms with Gasteiger partial charge in [-0.15, -0.1) is 12.4 Å². The third kappa shape index (κ3) is 5.04. The molecule has 6 heteroatoms. The number of hydrogen-bond donors (Lipinski definition) is 1. The molecule has 1 N–H and O–H groups in total. The second-order valence-electron chi connectivity index (χ2n) is 5.40. The minimum atomic E-state index is -0.504. The number of nitrogens with one attached hydrogen (secondary N) is 1. The van der Waals surface area contributed by atoms with Crippen molar-refractivity contribution < 1.29 is 9.53 Å². The van der Waals surface area contributed by atoms with Gasteiger partial charge < -0.3 is 15.0 Å². The molecule has 124 valence electrons. The molecular weight excluding hydrogens is 323 g/mol. The number of carbonyl (C=O) groups is 1. The Morgan fingerprint density at radius 1 is 1.55 bits per heavy atom. The summed E-state index contributed by atoms with van der Waals surface area (Å²) in [5.74, 6) is 0.676. The number of hydrogen-bond acceptors (Lipinski definition) is 3. The van der Waals surface area contributed by atoms with Gasteiger partial charge in [0.05, 0.1) is 0 Å². The van der Waals surface area contributed by atoms with E-state index in [4.69, 9.17) is 16.3 Å². The molecule has 4 nitrogen and oxygen atoms in total. The molecule has 1 aromatic rings. The normalized spacial score (nSPS) is 18.4. The van der Waals surface area contributed by atoms with Crippen LogP contribution in [0, 0.1) is 0 Å². The van der Waals surface area contributed by atoms with Crippen LogP contribution in [-0.4, -0.2) is 42.6 Å². The third-order valence-electron chi connectivity index (χ3n) is 3.68. The lowest BCUT2D eigenvalue weighted by Crippen LogP contribution is -2.47. The zero-order valence-electron chi connectivity index (χ0n) is 13.0. The van der Waals surface area contributed by atoms with Crippen LogP contribution in [0.5, 0.6) is 5.75 Å². The lowest BCUT2D eigenvalue weighted by Gasteiger charge is -2.30. The molecule has 0 radical (unpaired) electrons. The number of nitrogens with zero attached hydrogens (tertiary/aromatic N) is 1. The highest BCUT2D eigenvalue weighted by Gasteiger charge is 2.29. The van der Waals surface area contributed by atoms with Gasteiger partial charge in [-0.25, -0.2) is 0 Å². The molecule has 2 unspecified atom stereocenters. The van der Waals surface area contributed by atoms with E-state index in [9.17, 15) is 4.79 Å². The van der Waals surface area contributed by atoms with Crippen molar-refractivity contribution in [1.29, 1.82) is 0 Å². The average molecular weight is 347 g/mol. The number of amides is 1. The quantitative estimate of drug-likeness (QED) is 0.860. The highest BCUT2D eigenvalue weighted by Crippen LogP contribution is 2.20. The van der Waals surface area contributed by atoms with Crippen LogP contribution in [0.15, 0.2) is 24.3 Å². The van der Waals surface area contributed by atoms with E-state index in [1.807, 2.05) is 17.0 Å². The van der Waals surface area contributed by atoms with Crippen molar-refractivity contribution in [2.75, 3.05) is 19.6 Å². The Hall–Kier alpha value is -0.970. The molecule has 0 saturated carbocycles. The van der Waals surface area contributed by atoms with Gasteiger partial charge in [0.25, 0.3) is 5.91 Å². The first kappa shape index (κ1) is 19.1. The van der Waals surface area contributed by atoms with E-state index in [1.54, 1.807) is 19.1 Å². The minimum absolute atomic E-state index is 0. The SMILES string of the molecule is CCCN(C(=O)C(C)Oc1cccc(Cl)c1)C1CCNC1.Cl. The molecule has 1 heterocycles. The van der Waals surface area contributed by atoms with Crippen molar-refractivity contribution in [3.8, 4) is 5.75 Å². The Bertz CT molecular complexity index is 479. The van der Waals surface area contributed by atoms with Crippen molar-refractivity contribution in [3.63, 3.8) is 0 Å². The van der Waals surface area contributed by atoms with Crippen LogP contribution in [0.25, 0.3) is 0 Å². The Balaban J connectivity index is 0.00000242. The standard InChI is InChI=1S/C16H23ClN2O2.ClH/c1-3-9-19(14-7-8-18-11-14)16(20)12(2)21-15-6-4-5-13(17)10-15;/h4-6,10,12,14,18H,3,7-9,11H2,1-2H3;1H. The number of ether oxygens (including phenoxy) is 1. The van der Waals surface area contributed by atoms with Crippen LogP contribution in [0.2, 0.25) is 5.02 Å². The van der Waals surface area contributed by atoms with Crippen molar-refractivity contribution in [3.05, 3.63) is 29.3 Å². The van der Waals surface area contributed by atoms with Gasteiger partial charge >= 0.3 is 0 Å². The largest absolute Gasteiger partial charge is 0.481 e. The predicted octanol–water partition coefficient (Wildman–Crippen LogP) is 3.13. The lowest BCUT2D eigenvalue weighted by molar-refractivity contribution is -0.140. The summed E-state index contributed by atoms with van der Waals surface area (Å²) in [6.45, 7) is 6.51. The molecule has 1 fully saturated rings. The van der Waals surface area contributed by atoms with E-state index >= 15 is 0 Å². The number of benzene rings is 1. The Morgan fingerprint density at radius 2 is 2.32 bits per heavy atom. The summed E-state index contributed by atoms with van der Waals surface area (Å²) < 4.78 is 5.75. The molecule has 22 heavy (non-hydrogen) atoms. The predicted molar refractivity (Wildman–Crippen MR) is 92.1 cm³/mol. The summed E-state index contributed by atoms with van der Waals surface area (Å²) >= 11 is 5.94. The highest BCUT2D eigenvalue weighted by molar-refractivity contribution is 6.30. The topological polar surface area (TPSA) is 41.6 Å². The molecular formula is C16H24Cl2N2O2. The molecule has 1 saturated heterocycles. The molecule has 2 rings (SSSR count). The van der Waals surface area contributed by atoms with Gasteiger partial charge in [-0.05, 0) is 44.5 Å². The lowest BCUT2D eigenvalue weighted by atomic mass is 10.2. The van der Waals surface area contributed by atoms with Gasteiger partial charge in [-0.1, -0.05) is 24.6 Å². The Kier molecular flexibility index (Phi) is 8.01. The van der Waals surface area contributed by atoms with E-state index < -0.39 is 6.10 Å². The molecule has 1 aromatic carbocycles. The minimum Gasteiger partial charge on any atom is -0.481 e. The van der Waals surface area contributed by atoms with E-state index in [0.29, 0.717) is 10.8 Å². The number of halogens is 2. The zero-order valence-corrected chi connectivity index (χ0v) is 14.6. The van der Waals surface area contributed by atoms with E-state index in [2.05, 4.69) is 12.2 Å². The molecule has 1 aliphatic rings. The van der Waals surface area contributed by atoms with Crippen molar-refractivity contribution in [2.45, 2.75) is 38.8 Å². The van der Waals surface area contributed by atoms with Gasteiger partial charge in [-0.2, -0.15) is 0 Å². The second kappa shape index (κ2) is 9.23. The molecule has 1 amide bonds. The van der Waals surface area contributed by atoms with Crippen molar-refractivity contribution in [1.82, 2.24) is 10.2 Å². The van der Waals surface area contributed by atoms with Gasteiger partial charge in [0, 0.05) is 24.2 Å².